The molecule has 1 aromatic carbocycles. The molecule has 0 spiro atoms. The zero-order valence-corrected chi connectivity index (χ0v) is 8.20. The van der Waals surface area contributed by atoms with Gasteiger partial charge >= 0.3 is 0 Å². The number of hydrogen-bond donors (Lipinski definition) is 1. The smallest absolute Gasteiger partial charge is 0.0862 e. The minimum Gasteiger partial charge on any atom is -0.385 e. The number of rotatable bonds is 3. The molecular weight excluding hydrogens is 160 g/mol. The van der Waals surface area contributed by atoms with Gasteiger partial charge in [0.25, 0.3) is 0 Å². The van der Waals surface area contributed by atoms with Gasteiger partial charge in [0.2, 0.25) is 0 Å². The molecule has 0 fully saturated rings. The van der Waals surface area contributed by atoms with Crippen LogP contribution in [0.3, 0.4) is 0 Å². The molecule has 0 aliphatic heterocycles. The zero-order chi connectivity index (χ0) is 9.90. The summed E-state index contributed by atoms with van der Waals surface area (Å²) in [5.74, 6) is 0.0752. The van der Waals surface area contributed by atoms with Gasteiger partial charge in [-0.15, -0.1) is 6.58 Å². The number of benzene rings is 1. The van der Waals surface area contributed by atoms with Crippen molar-refractivity contribution in [3.05, 3.63) is 48.6 Å². The highest BCUT2D eigenvalue weighted by Gasteiger charge is 2.25. The van der Waals surface area contributed by atoms with E-state index in [1.54, 1.807) is 13.0 Å². The fraction of sp³-hybridized carbons (Fsp3) is 0.333. The molecular formula is C12H16O. The molecule has 0 saturated carbocycles. The van der Waals surface area contributed by atoms with Gasteiger partial charge in [-0.1, -0.05) is 43.3 Å². The Kier molecular flexibility index (Phi) is 2.89. The maximum Gasteiger partial charge on any atom is 0.0862 e. The normalized spacial score (nSPS) is 17.5. The molecule has 13 heavy (non-hydrogen) atoms. The van der Waals surface area contributed by atoms with Crippen LogP contribution in [-0.4, -0.2) is 10.7 Å². The van der Waals surface area contributed by atoms with Crippen LogP contribution >= 0.6 is 0 Å². The van der Waals surface area contributed by atoms with Crippen LogP contribution in [0.25, 0.3) is 0 Å². The van der Waals surface area contributed by atoms with E-state index in [2.05, 4.69) is 6.58 Å². The third kappa shape index (κ3) is 2.19. The van der Waals surface area contributed by atoms with E-state index < -0.39 is 5.60 Å². The van der Waals surface area contributed by atoms with Crippen molar-refractivity contribution in [3.63, 3.8) is 0 Å². The van der Waals surface area contributed by atoms with E-state index in [0.717, 1.165) is 5.56 Å². The van der Waals surface area contributed by atoms with E-state index >= 15 is 0 Å². The Morgan fingerprint density at radius 1 is 1.38 bits per heavy atom. The Morgan fingerprint density at radius 2 is 1.92 bits per heavy atom. The van der Waals surface area contributed by atoms with Gasteiger partial charge in [0, 0.05) is 5.92 Å². The van der Waals surface area contributed by atoms with Crippen LogP contribution in [0.4, 0.5) is 0 Å². The monoisotopic (exact) mass is 176 g/mol. The van der Waals surface area contributed by atoms with Gasteiger partial charge in [0.05, 0.1) is 5.60 Å². The first-order chi connectivity index (χ1) is 6.08. The summed E-state index contributed by atoms with van der Waals surface area (Å²) in [7, 11) is 0. The van der Waals surface area contributed by atoms with E-state index in [1.165, 1.54) is 0 Å². The topological polar surface area (TPSA) is 20.2 Å². The van der Waals surface area contributed by atoms with Crippen LogP contribution in [0, 0.1) is 0 Å². The molecule has 1 N–H and O–H groups in total. The van der Waals surface area contributed by atoms with Crippen LogP contribution in [-0.2, 0) is 0 Å². The lowest BCUT2D eigenvalue weighted by molar-refractivity contribution is 0.0867. The molecule has 1 rings (SSSR count). The summed E-state index contributed by atoms with van der Waals surface area (Å²) in [6.07, 6.45) is 1.59. The standard InChI is InChI=1S/C12H16O/c1-4-12(3,13)10(2)11-8-6-5-7-9-11/h4-10,13H,1H2,2-3H3. The van der Waals surface area contributed by atoms with Gasteiger partial charge in [0.1, 0.15) is 0 Å². The fourth-order valence-corrected chi connectivity index (χ4v) is 1.26. The van der Waals surface area contributed by atoms with Crippen LogP contribution in [0.5, 0.6) is 0 Å². The Morgan fingerprint density at radius 3 is 2.38 bits per heavy atom. The van der Waals surface area contributed by atoms with E-state index in [9.17, 15) is 5.11 Å². The predicted octanol–water partition coefficient (Wildman–Crippen LogP) is 2.73. The lowest BCUT2D eigenvalue weighted by atomic mass is 9.85. The number of hydrogen-bond acceptors (Lipinski definition) is 1. The Labute approximate surface area is 79.7 Å². The summed E-state index contributed by atoms with van der Waals surface area (Å²) in [6.45, 7) is 7.40. The third-order valence-electron chi connectivity index (χ3n) is 2.59. The molecule has 70 valence electrons. The van der Waals surface area contributed by atoms with Crippen molar-refractivity contribution in [3.8, 4) is 0 Å². The van der Waals surface area contributed by atoms with Gasteiger partial charge < -0.3 is 5.11 Å². The van der Waals surface area contributed by atoms with Crippen molar-refractivity contribution in [1.82, 2.24) is 0 Å². The van der Waals surface area contributed by atoms with E-state index in [0.29, 0.717) is 0 Å². The maximum absolute atomic E-state index is 9.93. The predicted molar refractivity (Wildman–Crippen MR) is 55.7 cm³/mol. The van der Waals surface area contributed by atoms with E-state index in [1.807, 2.05) is 37.3 Å². The molecule has 1 nitrogen and oxygen atoms in total. The average molecular weight is 176 g/mol. The summed E-state index contributed by atoms with van der Waals surface area (Å²) in [6, 6.07) is 9.96. The van der Waals surface area contributed by atoms with E-state index in [-0.39, 0.29) is 5.92 Å². The number of aliphatic hydroxyl groups is 1. The van der Waals surface area contributed by atoms with Crippen LogP contribution in [0.15, 0.2) is 43.0 Å². The first-order valence-electron chi connectivity index (χ1n) is 4.49. The molecule has 2 unspecified atom stereocenters. The van der Waals surface area contributed by atoms with Crippen LogP contribution < -0.4 is 0 Å². The van der Waals surface area contributed by atoms with Crippen LogP contribution in [0.1, 0.15) is 25.3 Å². The molecule has 0 amide bonds. The van der Waals surface area contributed by atoms with Crippen molar-refractivity contribution in [2.24, 2.45) is 0 Å². The summed E-state index contributed by atoms with van der Waals surface area (Å²) >= 11 is 0. The first kappa shape index (κ1) is 10.0. The third-order valence-corrected chi connectivity index (χ3v) is 2.59. The highest BCUT2D eigenvalue weighted by molar-refractivity contribution is 5.23. The SMILES string of the molecule is C=CC(C)(O)C(C)c1ccccc1. The minimum atomic E-state index is -0.832. The maximum atomic E-state index is 9.93. The summed E-state index contributed by atoms with van der Waals surface area (Å²) in [5.41, 5.74) is 0.300. The fourth-order valence-electron chi connectivity index (χ4n) is 1.26. The summed E-state index contributed by atoms with van der Waals surface area (Å²) in [4.78, 5) is 0. The quantitative estimate of drug-likeness (QED) is 0.702. The van der Waals surface area contributed by atoms with Gasteiger partial charge in [-0.05, 0) is 12.5 Å². The molecule has 0 radical (unpaired) electrons. The highest BCUT2D eigenvalue weighted by Crippen LogP contribution is 2.28. The average Bonchev–Trinajstić information content (AvgIpc) is 2.18. The van der Waals surface area contributed by atoms with Crippen molar-refractivity contribution in [1.29, 1.82) is 0 Å². The largest absolute Gasteiger partial charge is 0.385 e. The molecule has 0 bridgehead atoms. The Balaban J connectivity index is 2.91. The zero-order valence-electron chi connectivity index (χ0n) is 8.20. The Bertz CT molecular complexity index is 274. The van der Waals surface area contributed by atoms with Gasteiger partial charge in [-0.25, -0.2) is 0 Å². The van der Waals surface area contributed by atoms with Crippen molar-refractivity contribution >= 4 is 0 Å². The van der Waals surface area contributed by atoms with Crippen molar-refractivity contribution in [2.75, 3.05) is 0 Å². The summed E-state index contributed by atoms with van der Waals surface area (Å²) < 4.78 is 0. The van der Waals surface area contributed by atoms with Gasteiger partial charge in [-0.3, -0.25) is 0 Å². The van der Waals surface area contributed by atoms with Crippen LogP contribution in [0.2, 0.25) is 0 Å². The molecule has 0 aliphatic rings. The summed E-state index contributed by atoms with van der Waals surface area (Å²) in [5, 5.41) is 9.93. The molecule has 0 aliphatic carbocycles. The lowest BCUT2D eigenvalue weighted by Gasteiger charge is -2.27. The second kappa shape index (κ2) is 3.75. The minimum absolute atomic E-state index is 0.0752. The second-order valence-corrected chi connectivity index (χ2v) is 3.56. The van der Waals surface area contributed by atoms with Crippen molar-refractivity contribution in [2.45, 2.75) is 25.4 Å². The molecule has 1 heteroatoms. The highest BCUT2D eigenvalue weighted by atomic mass is 16.3. The molecule has 0 aromatic heterocycles. The molecule has 0 saturated heterocycles. The molecule has 2 atom stereocenters. The molecule has 1 aromatic rings. The van der Waals surface area contributed by atoms with Gasteiger partial charge in [0.15, 0.2) is 0 Å². The Hall–Kier alpha value is -1.08. The first-order valence-corrected chi connectivity index (χ1v) is 4.49. The molecule has 0 heterocycles. The van der Waals surface area contributed by atoms with Gasteiger partial charge in [-0.2, -0.15) is 0 Å². The van der Waals surface area contributed by atoms with Crippen molar-refractivity contribution < 1.29 is 5.11 Å². The second-order valence-electron chi connectivity index (χ2n) is 3.56. The van der Waals surface area contributed by atoms with E-state index in [4.69, 9.17) is 0 Å². The lowest BCUT2D eigenvalue weighted by Crippen LogP contribution is -2.27.